The van der Waals surface area contributed by atoms with Crippen LogP contribution < -0.4 is 4.90 Å². The van der Waals surface area contributed by atoms with E-state index in [9.17, 15) is 9.47 Å². The van der Waals surface area contributed by atoms with Crippen molar-refractivity contribution >= 4 is 28.1 Å². The molecule has 0 saturated carbocycles. The zero-order chi connectivity index (χ0) is 14.8. The monoisotopic (exact) mass is 310 g/mol. The van der Waals surface area contributed by atoms with Crippen molar-refractivity contribution in [1.29, 1.82) is 5.26 Å². The molecule has 1 heterocycles. The SMILES string of the molecule is CCC1(CC)CN(c2cc(Cl)ccc2C#N)CCS1=O. The minimum absolute atomic E-state index is 0.173. The Morgan fingerprint density at radius 3 is 2.75 bits per heavy atom. The summed E-state index contributed by atoms with van der Waals surface area (Å²) < 4.78 is 12.2. The predicted octanol–water partition coefficient (Wildman–Crippen LogP) is 3.34. The van der Waals surface area contributed by atoms with Crippen molar-refractivity contribution in [2.24, 2.45) is 0 Å². The van der Waals surface area contributed by atoms with Crippen LogP contribution in [0.3, 0.4) is 0 Å². The Balaban J connectivity index is 2.38. The van der Waals surface area contributed by atoms with E-state index in [0.717, 1.165) is 25.1 Å². The van der Waals surface area contributed by atoms with E-state index in [1.54, 1.807) is 12.1 Å². The standard InChI is InChI=1S/C15H19ClN2OS/c1-3-15(4-2)11-18(7-8-20(15)19)14-9-13(16)6-5-12(14)10-17/h5-6,9H,3-4,7-8,11H2,1-2H3. The van der Waals surface area contributed by atoms with Crippen molar-refractivity contribution in [2.75, 3.05) is 23.7 Å². The van der Waals surface area contributed by atoms with Crippen LogP contribution >= 0.6 is 11.6 Å². The summed E-state index contributed by atoms with van der Waals surface area (Å²) in [5.41, 5.74) is 1.49. The maximum absolute atomic E-state index is 12.4. The van der Waals surface area contributed by atoms with Crippen LogP contribution in [0.15, 0.2) is 18.2 Å². The molecule has 3 nitrogen and oxygen atoms in total. The van der Waals surface area contributed by atoms with Gasteiger partial charge in [0.1, 0.15) is 6.07 Å². The van der Waals surface area contributed by atoms with Gasteiger partial charge in [-0.25, -0.2) is 0 Å². The summed E-state index contributed by atoms with van der Waals surface area (Å²) in [4.78, 5) is 2.17. The van der Waals surface area contributed by atoms with Gasteiger partial charge in [-0.05, 0) is 31.0 Å². The molecule has 1 aromatic rings. The second kappa shape index (κ2) is 6.15. The first kappa shape index (κ1) is 15.3. The second-order valence-electron chi connectivity index (χ2n) is 5.13. The molecule has 1 unspecified atom stereocenters. The van der Waals surface area contributed by atoms with E-state index in [0.29, 0.717) is 22.9 Å². The summed E-state index contributed by atoms with van der Waals surface area (Å²) in [6.07, 6.45) is 1.77. The Hall–Kier alpha value is -1.05. The summed E-state index contributed by atoms with van der Waals surface area (Å²) in [5, 5.41) is 9.89. The Morgan fingerprint density at radius 2 is 2.15 bits per heavy atom. The van der Waals surface area contributed by atoms with E-state index in [-0.39, 0.29) is 4.75 Å². The lowest BCUT2D eigenvalue weighted by atomic mass is 10.00. The fraction of sp³-hybridized carbons (Fsp3) is 0.533. The number of rotatable bonds is 3. The number of anilines is 1. The number of nitriles is 1. The molecular weight excluding hydrogens is 292 g/mol. The molecule has 2 rings (SSSR count). The Kier molecular flexibility index (Phi) is 4.72. The maximum atomic E-state index is 12.4. The molecule has 20 heavy (non-hydrogen) atoms. The fourth-order valence-electron chi connectivity index (χ4n) is 2.77. The highest BCUT2D eigenvalue weighted by molar-refractivity contribution is 7.86. The highest BCUT2D eigenvalue weighted by Crippen LogP contribution is 2.33. The molecular formula is C15H19ClN2OS. The van der Waals surface area contributed by atoms with Crippen LogP contribution in [0.4, 0.5) is 5.69 Å². The van der Waals surface area contributed by atoms with Gasteiger partial charge in [-0.1, -0.05) is 25.4 Å². The summed E-state index contributed by atoms with van der Waals surface area (Å²) >= 11 is 6.06. The summed E-state index contributed by atoms with van der Waals surface area (Å²) in [7, 11) is -0.803. The average Bonchev–Trinajstić information content (AvgIpc) is 2.48. The number of hydrogen-bond donors (Lipinski definition) is 0. The van der Waals surface area contributed by atoms with Crippen LogP contribution in [-0.2, 0) is 10.8 Å². The van der Waals surface area contributed by atoms with Gasteiger partial charge in [0.2, 0.25) is 0 Å². The van der Waals surface area contributed by atoms with Crippen LogP contribution in [0.5, 0.6) is 0 Å². The lowest BCUT2D eigenvalue weighted by molar-refractivity contribution is 0.496. The van der Waals surface area contributed by atoms with Crippen molar-refractivity contribution < 1.29 is 4.21 Å². The Labute approximate surface area is 128 Å². The Morgan fingerprint density at radius 1 is 1.45 bits per heavy atom. The van der Waals surface area contributed by atoms with Crippen molar-refractivity contribution in [3.63, 3.8) is 0 Å². The summed E-state index contributed by atoms with van der Waals surface area (Å²) in [6, 6.07) is 7.54. The number of halogens is 1. The van der Waals surface area contributed by atoms with E-state index >= 15 is 0 Å². The molecule has 1 aliphatic rings. The molecule has 5 heteroatoms. The van der Waals surface area contributed by atoms with E-state index in [2.05, 4.69) is 24.8 Å². The molecule has 1 saturated heterocycles. The van der Waals surface area contributed by atoms with Gasteiger partial charge in [0.05, 0.1) is 16.0 Å². The first-order valence-corrected chi connectivity index (χ1v) is 8.59. The fourth-order valence-corrected chi connectivity index (χ4v) is 4.70. The second-order valence-corrected chi connectivity index (χ2v) is 7.54. The zero-order valence-corrected chi connectivity index (χ0v) is 13.4. The van der Waals surface area contributed by atoms with E-state index in [1.807, 2.05) is 6.07 Å². The first-order chi connectivity index (χ1) is 9.56. The zero-order valence-electron chi connectivity index (χ0n) is 11.9. The van der Waals surface area contributed by atoms with E-state index in [4.69, 9.17) is 11.6 Å². The molecule has 0 spiro atoms. The lowest BCUT2D eigenvalue weighted by Crippen LogP contribution is -2.53. The molecule has 0 radical (unpaired) electrons. The van der Waals surface area contributed by atoms with E-state index in [1.165, 1.54) is 0 Å². The number of nitrogens with zero attached hydrogens (tertiary/aromatic N) is 2. The van der Waals surface area contributed by atoms with Crippen molar-refractivity contribution in [3.05, 3.63) is 28.8 Å². The van der Waals surface area contributed by atoms with Gasteiger partial charge >= 0.3 is 0 Å². The van der Waals surface area contributed by atoms with Gasteiger partial charge in [-0.2, -0.15) is 5.26 Å². The van der Waals surface area contributed by atoms with Crippen LogP contribution in [0.1, 0.15) is 32.3 Å². The highest BCUT2D eigenvalue weighted by Gasteiger charge is 2.39. The lowest BCUT2D eigenvalue weighted by Gasteiger charge is -2.42. The molecule has 1 atom stereocenters. The highest BCUT2D eigenvalue weighted by atomic mass is 35.5. The Bertz CT molecular complexity index is 563. The van der Waals surface area contributed by atoms with Gasteiger partial charge in [0.15, 0.2) is 0 Å². The third-order valence-electron chi connectivity index (χ3n) is 4.22. The molecule has 1 aliphatic heterocycles. The first-order valence-electron chi connectivity index (χ1n) is 6.89. The van der Waals surface area contributed by atoms with Gasteiger partial charge in [0, 0.05) is 34.7 Å². The summed E-state index contributed by atoms with van der Waals surface area (Å²) in [5.74, 6) is 0.652. The maximum Gasteiger partial charge on any atom is 0.101 e. The molecule has 0 aromatic heterocycles. The van der Waals surface area contributed by atoms with Crippen molar-refractivity contribution in [3.8, 4) is 6.07 Å². The third-order valence-corrected chi connectivity index (χ3v) is 6.68. The molecule has 0 aliphatic carbocycles. The normalized spacial score (nSPS) is 21.5. The molecule has 0 N–H and O–H groups in total. The minimum Gasteiger partial charge on any atom is -0.368 e. The van der Waals surface area contributed by atoms with Crippen molar-refractivity contribution in [2.45, 2.75) is 31.4 Å². The molecule has 0 bridgehead atoms. The van der Waals surface area contributed by atoms with Crippen LogP contribution in [0.25, 0.3) is 0 Å². The largest absolute Gasteiger partial charge is 0.368 e. The number of benzene rings is 1. The quantitative estimate of drug-likeness (QED) is 0.860. The van der Waals surface area contributed by atoms with Gasteiger partial charge < -0.3 is 4.90 Å². The van der Waals surface area contributed by atoms with Gasteiger partial charge in [0.25, 0.3) is 0 Å². The third kappa shape index (κ3) is 2.70. The van der Waals surface area contributed by atoms with Crippen LogP contribution in [0.2, 0.25) is 5.02 Å². The topological polar surface area (TPSA) is 44.1 Å². The van der Waals surface area contributed by atoms with Gasteiger partial charge in [-0.15, -0.1) is 0 Å². The number of hydrogen-bond acceptors (Lipinski definition) is 3. The smallest absolute Gasteiger partial charge is 0.101 e. The minimum atomic E-state index is -0.803. The predicted molar refractivity (Wildman–Crippen MR) is 84.7 cm³/mol. The molecule has 0 amide bonds. The van der Waals surface area contributed by atoms with Crippen molar-refractivity contribution in [1.82, 2.24) is 0 Å². The van der Waals surface area contributed by atoms with Gasteiger partial charge in [-0.3, -0.25) is 4.21 Å². The summed E-state index contributed by atoms with van der Waals surface area (Å²) in [6.45, 7) is 5.62. The molecule has 1 fully saturated rings. The van der Waals surface area contributed by atoms with E-state index < -0.39 is 10.8 Å². The van der Waals surface area contributed by atoms with Crippen LogP contribution in [0, 0.1) is 11.3 Å². The molecule has 108 valence electrons. The molecule has 1 aromatic carbocycles. The van der Waals surface area contributed by atoms with Crippen LogP contribution in [-0.4, -0.2) is 27.8 Å². The average molecular weight is 311 g/mol.